The van der Waals surface area contributed by atoms with Crippen molar-refractivity contribution in [2.24, 2.45) is 11.8 Å². The lowest BCUT2D eigenvalue weighted by molar-refractivity contribution is -0.138. The molecule has 0 bridgehead atoms. The summed E-state index contributed by atoms with van der Waals surface area (Å²) < 4.78 is 0. The molecule has 4 atom stereocenters. The van der Waals surface area contributed by atoms with E-state index in [1.165, 1.54) is 0 Å². The molecule has 3 aliphatic heterocycles. The largest absolute Gasteiger partial charge is 0.481 e. The van der Waals surface area contributed by atoms with Gasteiger partial charge in [-0.05, 0) is 67.5 Å². The molecule has 0 saturated carbocycles. The summed E-state index contributed by atoms with van der Waals surface area (Å²) in [6.45, 7) is 7.61. The summed E-state index contributed by atoms with van der Waals surface area (Å²) in [6, 6.07) is -0.00393. The Hall–Kier alpha value is -3.77. The second-order valence-corrected chi connectivity index (χ2v) is 13.7. The Labute approximate surface area is 266 Å². The van der Waals surface area contributed by atoms with Crippen molar-refractivity contribution in [2.75, 3.05) is 12.4 Å². The van der Waals surface area contributed by atoms with Gasteiger partial charge in [0.15, 0.2) is 0 Å². The normalized spacial score (nSPS) is 23.6. The monoisotopic (exact) mass is 638 g/mol. The van der Waals surface area contributed by atoms with Crippen molar-refractivity contribution in [1.82, 2.24) is 20.6 Å². The standard InChI is InChI=1S/C33H42N4O7S/c1-15-19(5-7-29(39)40)25(34-22(15)11-24-17(3)21(9-10-38)33(44)36-24)13-26-20(6-8-30(41)42)16(2)23(35-26)12-27-31(28-14-45-28)18(4)32(43)37-27/h11,18,27-28,31,34-35,38H,5-10,12-14H2,1-4H3,(H,36,44)(H,37,43)(H,39,40)(H,41,42)/b24-11-/t18-,27?,28-,31-/m1/s1. The van der Waals surface area contributed by atoms with E-state index in [9.17, 15) is 34.5 Å². The molecule has 7 N–H and O–H groups in total. The third-order valence-corrected chi connectivity index (χ3v) is 10.7. The number of aliphatic hydroxyl groups is 1. The zero-order valence-electron chi connectivity index (χ0n) is 26.1. The van der Waals surface area contributed by atoms with E-state index in [2.05, 4.69) is 20.6 Å². The van der Waals surface area contributed by atoms with Gasteiger partial charge in [-0.3, -0.25) is 19.2 Å². The van der Waals surface area contributed by atoms with Crippen LogP contribution in [0.4, 0.5) is 0 Å². The van der Waals surface area contributed by atoms with Gasteiger partial charge in [-0.1, -0.05) is 6.92 Å². The number of hydrogen-bond donors (Lipinski definition) is 7. The van der Waals surface area contributed by atoms with Gasteiger partial charge in [0, 0.05) is 102 Å². The number of hydrogen-bond acceptors (Lipinski definition) is 6. The molecular formula is C33H42N4O7S. The van der Waals surface area contributed by atoms with E-state index < -0.39 is 11.9 Å². The third kappa shape index (κ3) is 6.91. The summed E-state index contributed by atoms with van der Waals surface area (Å²) in [7, 11) is 0. The van der Waals surface area contributed by atoms with Crippen LogP contribution in [0.25, 0.3) is 6.08 Å². The predicted molar refractivity (Wildman–Crippen MR) is 171 cm³/mol. The van der Waals surface area contributed by atoms with Gasteiger partial charge < -0.3 is 35.9 Å². The maximum atomic E-state index is 12.6. The van der Waals surface area contributed by atoms with Gasteiger partial charge in [0.05, 0.1) is 0 Å². The van der Waals surface area contributed by atoms with E-state index in [0.29, 0.717) is 42.2 Å². The molecule has 2 aromatic heterocycles. The fraction of sp³-hybridized carbons (Fsp3) is 0.515. The van der Waals surface area contributed by atoms with Crippen molar-refractivity contribution in [3.05, 3.63) is 61.9 Å². The number of carboxylic acid groups (broad SMARTS) is 2. The summed E-state index contributed by atoms with van der Waals surface area (Å²) in [5.74, 6) is -0.710. The van der Waals surface area contributed by atoms with Crippen LogP contribution in [0, 0.1) is 25.7 Å². The van der Waals surface area contributed by atoms with Crippen molar-refractivity contribution >= 4 is 41.6 Å². The molecule has 0 radical (unpaired) electrons. The summed E-state index contributed by atoms with van der Waals surface area (Å²) >= 11 is 1.88. The molecule has 2 aromatic rings. The Morgan fingerprint density at radius 2 is 1.56 bits per heavy atom. The number of amides is 2. The second-order valence-electron chi connectivity index (χ2n) is 12.4. The Balaban J connectivity index is 1.50. The van der Waals surface area contributed by atoms with Crippen LogP contribution in [-0.2, 0) is 44.9 Å². The third-order valence-electron chi connectivity index (χ3n) is 9.63. The van der Waals surface area contributed by atoms with Crippen LogP contribution >= 0.6 is 11.8 Å². The van der Waals surface area contributed by atoms with Gasteiger partial charge in [-0.25, -0.2) is 0 Å². The highest BCUT2D eigenvalue weighted by Gasteiger charge is 2.48. The summed E-state index contributed by atoms with van der Waals surface area (Å²) in [5.41, 5.74) is 8.98. The molecule has 0 aromatic carbocycles. The van der Waals surface area contributed by atoms with Gasteiger partial charge in [0.1, 0.15) is 0 Å². The molecule has 45 heavy (non-hydrogen) atoms. The van der Waals surface area contributed by atoms with Crippen LogP contribution < -0.4 is 10.6 Å². The average Bonchev–Trinajstić information content (AvgIpc) is 3.56. The van der Waals surface area contributed by atoms with Crippen molar-refractivity contribution < 1.29 is 34.5 Å². The molecule has 12 heteroatoms. The van der Waals surface area contributed by atoms with Crippen molar-refractivity contribution in [1.29, 1.82) is 0 Å². The number of H-pyrrole nitrogens is 2. The van der Waals surface area contributed by atoms with Gasteiger partial charge >= 0.3 is 11.9 Å². The summed E-state index contributed by atoms with van der Waals surface area (Å²) in [4.78, 5) is 55.3. The lowest BCUT2D eigenvalue weighted by atomic mass is 9.86. The molecule has 11 nitrogen and oxygen atoms in total. The first kappa shape index (κ1) is 32.6. The van der Waals surface area contributed by atoms with E-state index in [1.54, 1.807) is 0 Å². The number of aromatic amines is 2. The number of aliphatic hydroxyl groups excluding tert-OH is 1. The van der Waals surface area contributed by atoms with Gasteiger partial charge in [-0.2, -0.15) is 11.8 Å². The number of nitrogens with one attached hydrogen (secondary N) is 4. The predicted octanol–water partition coefficient (Wildman–Crippen LogP) is 3.16. The maximum absolute atomic E-state index is 12.6. The fourth-order valence-electron chi connectivity index (χ4n) is 6.97. The number of carbonyl (C=O) groups excluding carboxylic acids is 2. The Bertz CT molecular complexity index is 1600. The fourth-order valence-corrected chi connectivity index (χ4v) is 7.95. The Morgan fingerprint density at radius 1 is 0.933 bits per heavy atom. The molecule has 2 amide bonds. The molecule has 2 saturated heterocycles. The van der Waals surface area contributed by atoms with E-state index in [4.69, 9.17) is 0 Å². The zero-order valence-corrected chi connectivity index (χ0v) is 27.0. The second kappa shape index (κ2) is 13.3. The number of allylic oxidation sites excluding steroid dienone is 1. The molecular weight excluding hydrogens is 596 g/mol. The molecule has 3 aliphatic rings. The minimum absolute atomic E-state index is 0.00393. The van der Waals surface area contributed by atoms with Crippen LogP contribution in [0.15, 0.2) is 16.8 Å². The van der Waals surface area contributed by atoms with E-state index in [0.717, 1.165) is 56.4 Å². The first-order valence-corrected chi connectivity index (χ1v) is 16.5. The van der Waals surface area contributed by atoms with Crippen LogP contribution in [0.2, 0.25) is 0 Å². The number of aliphatic carboxylic acids is 2. The highest BCUT2D eigenvalue weighted by atomic mass is 32.2. The highest BCUT2D eigenvalue weighted by molar-refractivity contribution is 8.06. The topological polar surface area (TPSA) is 185 Å². The van der Waals surface area contributed by atoms with Crippen LogP contribution in [-0.4, -0.2) is 72.7 Å². The lowest BCUT2D eigenvalue weighted by Crippen LogP contribution is -2.33. The van der Waals surface area contributed by atoms with Crippen LogP contribution in [0.3, 0.4) is 0 Å². The maximum Gasteiger partial charge on any atom is 0.303 e. The molecule has 5 heterocycles. The molecule has 1 unspecified atom stereocenters. The van der Waals surface area contributed by atoms with Crippen molar-refractivity contribution in [2.45, 2.75) is 83.9 Å². The number of aromatic nitrogens is 2. The molecule has 242 valence electrons. The molecule has 0 spiro atoms. The zero-order chi connectivity index (χ0) is 32.6. The quantitative estimate of drug-likeness (QED) is 0.154. The molecule has 5 rings (SSSR count). The van der Waals surface area contributed by atoms with E-state index in [1.807, 2.05) is 45.5 Å². The minimum atomic E-state index is -0.909. The smallest absolute Gasteiger partial charge is 0.303 e. The molecule has 2 fully saturated rings. The Morgan fingerprint density at radius 3 is 2.16 bits per heavy atom. The van der Waals surface area contributed by atoms with Gasteiger partial charge in [-0.15, -0.1) is 0 Å². The van der Waals surface area contributed by atoms with Crippen molar-refractivity contribution in [3.63, 3.8) is 0 Å². The number of carboxylic acids is 2. The first-order valence-electron chi connectivity index (χ1n) is 15.5. The summed E-state index contributed by atoms with van der Waals surface area (Å²) in [5, 5.41) is 34.9. The van der Waals surface area contributed by atoms with E-state index in [-0.39, 0.29) is 55.6 Å². The summed E-state index contributed by atoms with van der Waals surface area (Å²) in [6.07, 6.45) is 3.68. The van der Waals surface area contributed by atoms with Crippen LogP contribution in [0.5, 0.6) is 0 Å². The average molecular weight is 639 g/mol. The minimum Gasteiger partial charge on any atom is -0.481 e. The Kier molecular flexibility index (Phi) is 9.64. The van der Waals surface area contributed by atoms with Gasteiger partial charge in [0.25, 0.3) is 5.91 Å². The highest BCUT2D eigenvalue weighted by Crippen LogP contribution is 2.45. The van der Waals surface area contributed by atoms with Crippen molar-refractivity contribution in [3.8, 4) is 0 Å². The first-order chi connectivity index (χ1) is 21.4. The van der Waals surface area contributed by atoms with Crippen LogP contribution in [0.1, 0.15) is 78.1 Å². The van der Waals surface area contributed by atoms with E-state index >= 15 is 0 Å². The lowest BCUT2D eigenvalue weighted by Gasteiger charge is -2.20. The number of carbonyl (C=O) groups is 4. The number of thioether (sulfide) groups is 1. The number of rotatable bonds is 14. The van der Waals surface area contributed by atoms with Gasteiger partial charge in [0.2, 0.25) is 5.91 Å². The molecule has 0 aliphatic carbocycles. The SMILES string of the molecule is CC1=C(CCO)C(=O)N/C1=C\c1[nH]c(Cc2[nH]c(CC3NC(=O)[C@H](C)[C@H]3[C@H]3CS3)c(C)c2CCC(=O)O)c(CCC(=O)O)c1C.